The zero-order valence-corrected chi connectivity index (χ0v) is 13.4. The standard InChI is InChI=1S/C16H16BrN3O/c1-9-3-5-12(17)15(7-9)20-14-6-4-11(18)8-13(14)19-16(20)10(2)21/h3-8,10,21H,18H2,1-2H3. The van der Waals surface area contributed by atoms with Crippen LogP contribution in [0.2, 0.25) is 0 Å². The van der Waals surface area contributed by atoms with Gasteiger partial charge in [-0.25, -0.2) is 4.98 Å². The SMILES string of the molecule is Cc1ccc(Br)c(-n2c(C(C)O)nc3cc(N)ccc32)c1. The van der Waals surface area contributed by atoms with Crippen LogP contribution in [-0.2, 0) is 0 Å². The van der Waals surface area contributed by atoms with Crippen molar-refractivity contribution in [1.82, 2.24) is 9.55 Å². The van der Waals surface area contributed by atoms with Gasteiger partial charge in [0.2, 0.25) is 0 Å². The third-order valence-electron chi connectivity index (χ3n) is 3.42. The second kappa shape index (κ2) is 5.16. The van der Waals surface area contributed by atoms with Crippen LogP contribution in [0.15, 0.2) is 40.9 Å². The van der Waals surface area contributed by atoms with Crippen LogP contribution in [0.3, 0.4) is 0 Å². The number of aromatic nitrogens is 2. The molecule has 108 valence electrons. The summed E-state index contributed by atoms with van der Waals surface area (Å²) in [6.45, 7) is 3.75. The van der Waals surface area contributed by atoms with Crippen LogP contribution in [0, 0.1) is 6.92 Å². The number of fused-ring (bicyclic) bond motifs is 1. The van der Waals surface area contributed by atoms with Crippen molar-refractivity contribution in [3.8, 4) is 5.69 Å². The molecule has 0 spiro atoms. The van der Waals surface area contributed by atoms with Crippen molar-refractivity contribution in [2.24, 2.45) is 0 Å². The normalized spacial score (nSPS) is 12.8. The number of anilines is 1. The number of rotatable bonds is 2. The molecule has 1 unspecified atom stereocenters. The lowest BCUT2D eigenvalue weighted by molar-refractivity contribution is 0.187. The van der Waals surface area contributed by atoms with Gasteiger partial charge in [-0.3, -0.25) is 4.57 Å². The Balaban J connectivity index is 2.39. The molecule has 4 nitrogen and oxygen atoms in total. The van der Waals surface area contributed by atoms with Crippen LogP contribution in [-0.4, -0.2) is 14.7 Å². The fourth-order valence-corrected chi connectivity index (χ4v) is 2.87. The van der Waals surface area contributed by atoms with Gasteiger partial charge in [0.25, 0.3) is 0 Å². The molecule has 0 amide bonds. The first-order valence-electron chi connectivity index (χ1n) is 6.70. The number of aliphatic hydroxyl groups excluding tert-OH is 1. The van der Waals surface area contributed by atoms with E-state index in [9.17, 15) is 5.11 Å². The molecular weight excluding hydrogens is 330 g/mol. The van der Waals surface area contributed by atoms with Gasteiger partial charge in [-0.15, -0.1) is 0 Å². The Bertz CT molecular complexity index is 824. The fourth-order valence-electron chi connectivity index (χ4n) is 2.44. The van der Waals surface area contributed by atoms with Gasteiger partial charge in [-0.2, -0.15) is 0 Å². The molecule has 0 saturated heterocycles. The number of hydrogen-bond acceptors (Lipinski definition) is 3. The minimum atomic E-state index is -0.675. The summed E-state index contributed by atoms with van der Waals surface area (Å²) < 4.78 is 2.92. The first-order chi connectivity index (χ1) is 9.97. The first kappa shape index (κ1) is 14.1. The lowest BCUT2D eigenvalue weighted by Gasteiger charge is -2.13. The zero-order chi connectivity index (χ0) is 15.1. The van der Waals surface area contributed by atoms with E-state index in [4.69, 9.17) is 5.73 Å². The Morgan fingerprint density at radius 2 is 2.00 bits per heavy atom. The van der Waals surface area contributed by atoms with Crippen LogP contribution in [0.4, 0.5) is 5.69 Å². The van der Waals surface area contributed by atoms with E-state index >= 15 is 0 Å². The van der Waals surface area contributed by atoms with Gasteiger partial charge >= 0.3 is 0 Å². The number of hydrogen-bond donors (Lipinski definition) is 2. The van der Waals surface area contributed by atoms with Crippen molar-refractivity contribution in [2.75, 3.05) is 5.73 Å². The fraction of sp³-hybridized carbons (Fsp3) is 0.188. The Labute approximate surface area is 131 Å². The van der Waals surface area contributed by atoms with E-state index in [-0.39, 0.29) is 0 Å². The Morgan fingerprint density at radius 3 is 2.71 bits per heavy atom. The van der Waals surface area contributed by atoms with E-state index in [0.717, 1.165) is 26.8 Å². The highest BCUT2D eigenvalue weighted by Crippen LogP contribution is 2.31. The largest absolute Gasteiger partial charge is 0.399 e. The van der Waals surface area contributed by atoms with Crippen LogP contribution >= 0.6 is 15.9 Å². The number of nitrogens with two attached hydrogens (primary N) is 1. The Morgan fingerprint density at radius 1 is 1.24 bits per heavy atom. The van der Waals surface area contributed by atoms with E-state index in [0.29, 0.717) is 11.5 Å². The predicted octanol–water partition coefficient (Wildman–Crippen LogP) is 3.73. The molecule has 0 fully saturated rings. The minimum absolute atomic E-state index is 0.599. The summed E-state index contributed by atoms with van der Waals surface area (Å²) in [5, 5.41) is 10.1. The van der Waals surface area contributed by atoms with Crippen LogP contribution in [0.5, 0.6) is 0 Å². The molecule has 1 heterocycles. The summed E-state index contributed by atoms with van der Waals surface area (Å²) in [7, 11) is 0. The number of nitrogen functional groups attached to an aromatic ring is 1. The zero-order valence-electron chi connectivity index (χ0n) is 11.8. The molecular formula is C16H16BrN3O. The lowest BCUT2D eigenvalue weighted by atomic mass is 10.2. The third-order valence-corrected chi connectivity index (χ3v) is 4.09. The Hall–Kier alpha value is -1.85. The average Bonchev–Trinajstić information content (AvgIpc) is 2.80. The van der Waals surface area contributed by atoms with Crippen molar-refractivity contribution < 1.29 is 5.11 Å². The second-order valence-electron chi connectivity index (χ2n) is 5.18. The highest BCUT2D eigenvalue weighted by Gasteiger charge is 2.18. The van der Waals surface area contributed by atoms with Gasteiger partial charge in [0.05, 0.1) is 16.7 Å². The van der Waals surface area contributed by atoms with E-state index in [1.54, 1.807) is 6.92 Å². The molecule has 0 saturated carbocycles. The maximum atomic E-state index is 10.1. The third kappa shape index (κ3) is 2.43. The van der Waals surface area contributed by atoms with Crippen molar-refractivity contribution in [2.45, 2.75) is 20.0 Å². The summed E-state index contributed by atoms with van der Waals surface area (Å²) in [6, 6.07) is 11.7. The highest BCUT2D eigenvalue weighted by atomic mass is 79.9. The molecule has 2 aromatic carbocycles. The van der Waals surface area contributed by atoms with Crippen LogP contribution < -0.4 is 5.73 Å². The Kier molecular flexibility index (Phi) is 3.47. The molecule has 0 aliphatic rings. The number of imidazole rings is 1. The van der Waals surface area contributed by atoms with Gasteiger partial charge in [0, 0.05) is 10.2 Å². The summed E-state index contributed by atoms with van der Waals surface area (Å²) in [4.78, 5) is 4.53. The van der Waals surface area contributed by atoms with E-state index < -0.39 is 6.10 Å². The molecule has 1 atom stereocenters. The number of halogens is 1. The van der Waals surface area contributed by atoms with Crippen LogP contribution in [0.25, 0.3) is 16.7 Å². The average molecular weight is 346 g/mol. The molecule has 1 aromatic heterocycles. The molecule has 0 radical (unpaired) electrons. The molecule has 0 aliphatic carbocycles. The number of aryl methyl sites for hydroxylation is 1. The summed E-state index contributed by atoms with van der Waals surface area (Å²) >= 11 is 3.58. The van der Waals surface area contributed by atoms with Crippen molar-refractivity contribution in [3.63, 3.8) is 0 Å². The number of aliphatic hydroxyl groups is 1. The first-order valence-corrected chi connectivity index (χ1v) is 7.49. The molecule has 3 aromatic rings. The van der Waals surface area contributed by atoms with Gasteiger partial charge in [-0.1, -0.05) is 6.07 Å². The van der Waals surface area contributed by atoms with E-state index in [1.807, 2.05) is 41.8 Å². The molecule has 5 heteroatoms. The van der Waals surface area contributed by atoms with Gasteiger partial charge < -0.3 is 10.8 Å². The summed E-state index contributed by atoms with van der Waals surface area (Å²) in [5.74, 6) is 0.599. The molecule has 3 N–H and O–H groups in total. The predicted molar refractivity (Wildman–Crippen MR) is 88.6 cm³/mol. The summed E-state index contributed by atoms with van der Waals surface area (Å²) in [6.07, 6.45) is -0.675. The van der Waals surface area contributed by atoms with Gasteiger partial charge in [0.1, 0.15) is 11.9 Å². The second-order valence-corrected chi connectivity index (χ2v) is 6.04. The maximum absolute atomic E-state index is 10.1. The van der Waals surface area contributed by atoms with Crippen molar-refractivity contribution >= 4 is 32.7 Å². The van der Waals surface area contributed by atoms with Gasteiger partial charge in [0.15, 0.2) is 0 Å². The van der Waals surface area contributed by atoms with E-state index in [2.05, 4.69) is 27.0 Å². The molecule has 0 aliphatic heterocycles. The lowest BCUT2D eigenvalue weighted by Crippen LogP contribution is -2.05. The monoisotopic (exact) mass is 345 g/mol. The number of benzene rings is 2. The quantitative estimate of drug-likeness (QED) is 0.695. The van der Waals surface area contributed by atoms with Crippen molar-refractivity contribution in [1.29, 1.82) is 0 Å². The maximum Gasteiger partial charge on any atom is 0.143 e. The molecule has 21 heavy (non-hydrogen) atoms. The summed E-state index contributed by atoms with van der Waals surface area (Å²) in [5.41, 5.74) is 10.3. The van der Waals surface area contributed by atoms with Gasteiger partial charge in [-0.05, 0) is 65.7 Å². The highest BCUT2D eigenvalue weighted by molar-refractivity contribution is 9.10. The van der Waals surface area contributed by atoms with Crippen molar-refractivity contribution in [3.05, 3.63) is 52.3 Å². The topological polar surface area (TPSA) is 64.1 Å². The molecule has 3 rings (SSSR count). The minimum Gasteiger partial charge on any atom is -0.399 e. The van der Waals surface area contributed by atoms with Crippen LogP contribution in [0.1, 0.15) is 24.4 Å². The smallest absolute Gasteiger partial charge is 0.143 e. The molecule has 0 bridgehead atoms. The number of nitrogens with zero attached hydrogens (tertiary/aromatic N) is 2. The van der Waals surface area contributed by atoms with E-state index in [1.165, 1.54) is 0 Å².